The highest BCUT2D eigenvalue weighted by Gasteiger charge is 2.44. The molecule has 0 bridgehead atoms. The first-order chi connectivity index (χ1) is 8.20. The van der Waals surface area contributed by atoms with Gasteiger partial charge in [-0.25, -0.2) is 0 Å². The molecule has 0 aromatic heterocycles. The van der Waals surface area contributed by atoms with Crippen LogP contribution in [0.15, 0.2) is 29.2 Å². The second-order valence-corrected chi connectivity index (χ2v) is 5.19. The van der Waals surface area contributed by atoms with E-state index >= 15 is 0 Å². The van der Waals surface area contributed by atoms with E-state index in [0.29, 0.717) is 13.2 Å². The van der Waals surface area contributed by atoms with Crippen LogP contribution in [-0.2, 0) is 9.53 Å². The third kappa shape index (κ3) is 2.48. The Hall–Kier alpha value is -1.00. The van der Waals surface area contributed by atoms with Crippen molar-refractivity contribution in [2.24, 2.45) is 5.41 Å². The van der Waals surface area contributed by atoms with Crippen LogP contribution in [0.3, 0.4) is 0 Å². The zero-order valence-corrected chi connectivity index (χ0v) is 11.0. The molecule has 1 saturated heterocycles. The molecule has 2 rings (SSSR count). The number of anilines is 1. The smallest absolute Gasteiger partial charge is 0.235 e. The molecule has 1 amide bonds. The molecular formula is C13H17NO2S. The summed E-state index contributed by atoms with van der Waals surface area (Å²) in [6, 6.07) is 7.89. The number of benzene rings is 1. The van der Waals surface area contributed by atoms with Crippen LogP contribution < -0.4 is 5.32 Å². The average molecular weight is 251 g/mol. The van der Waals surface area contributed by atoms with Crippen LogP contribution in [0.5, 0.6) is 0 Å². The third-order valence-corrected chi connectivity index (χ3v) is 3.97. The molecule has 0 unspecified atom stereocenters. The zero-order valence-electron chi connectivity index (χ0n) is 10.2. The quantitative estimate of drug-likeness (QED) is 0.836. The lowest BCUT2D eigenvalue weighted by atomic mass is 9.82. The lowest BCUT2D eigenvalue weighted by Crippen LogP contribution is -2.51. The van der Waals surface area contributed by atoms with E-state index < -0.39 is 0 Å². The Morgan fingerprint density at radius 1 is 1.53 bits per heavy atom. The molecule has 0 aliphatic carbocycles. The van der Waals surface area contributed by atoms with Crippen molar-refractivity contribution in [1.29, 1.82) is 0 Å². The van der Waals surface area contributed by atoms with Crippen molar-refractivity contribution in [3.8, 4) is 0 Å². The van der Waals surface area contributed by atoms with E-state index in [1.54, 1.807) is 11.8 Å². The molecule has 1 aromatic carbocycles. The number of thioether (sulfide) groups is 1. The van der Waals surface area contributed by atoms with Gasteiger partial charge in [0.15, 0.2) is 0 Å². The van der Waals surface area contributed by atoms with E-state index in [1.165, 1.54) is 0 Å². The molecule has 0 spiro atoms. The number of carbonyl (C=O) groups excluding carboxylic acids is 1. The molecule has 1 N–H and O–H groups in total. The van der Waals surface area contributed by atoms with Gasteiger partial charge in [-0.05, 0) is 30.9 Å². The second kappa shape index (κ2) is 5.10. The Kier molecular flexibility index (Phi) is 3.74. The Bertz CT molecular complexity index is 410. The summed E-state index contributed by atoms with van der Waals surface area (Å²) in [4.78, 5) is 13.3. The van der Waals surface area contributed by atoms with Gasteiger partial charge in [0.2, 0.25) is 5.91 Å². The minimum atomic E-state index is -0.310. The molecule has 0 radical (unpaired) electrons. The van der Waals surface area contributed by atoms with Crippen molar-refractivity contribution >= 4 is 23.4 Å². The average Bonchev–Trinajstić information content (AvgIpc) is 2.28. The molecule has 0 saturated carbocycles. The van der Waals surface area contributed by atoms with Gasteiger partial charge in [0, 0.05) is 10.6 Å². The molecule has 1 aliphatic rings. The standard InChI is InChI=1S/C13H17NO2S/c1-3-13(8-16-9-13)12(15)14-10-5-4-6-11(7-10)17-2/h4-7H,3,8-9H2,1-2H3,(H,14,15). The first-order valence-electron chi connectivity index (χ1n) is 5.73. The Balaban J connectivity index is 2.07. The van der Waals surface area contributed by atoms with Crippen LogP contribution in [-0.4, -0.2) is 25.4 Å². The second-order valence-electron chi connectivity index (χ2n) is 4.31. The van der Waals surface area contributed by atoms with Crippen LogP contribution in [0.2, 0.25) is 0 Å². The van der Waals surface area contributed by atoms with Crippen LogP contribution >= 0.6 is 11.8 Å². The first-order valence-corrected chi connectivity index (χ1v) is 6.96. The van der Waals surface area contributed by atoms with Crippen LogP contribution in [0.25, 0.3) is 0 Å². The van der Waals surface area contributed by atoms with Gasteiger partial charge >= 0.3 is 0 Å². The van der Waals surface area contributed by atoms with E-state index in [4.69, 9.17) is 4.74 Å². The van der Waals surface area contributed by atoms with E-state index in [2.05, 4.69) is 5.32 Å². The Labute approximate surface area is 106 Å². The lowest BCUT2D eigenvalue weighted by molar-refractivity contribution is -0.156. The highest BCUT2D eigenvalue weighted by Crippen LogP contribution is 2.32. The van der Waals surface area contributed by atoms with Gasteiger partial charge in [0.1, 0.15) is 0 Å². The fourth-order valence-electron chi connectivity index (χ4n) is 1.81. The minimum Gasteiger partial charge on any atom is -0.379 e. The maximum absolute atomic E-state index is 12.1. The number of amides is 1. The normalized spacial score (nSPS) is 17.3. The van der Waals surface area contributed by atoms with Crippen molar-refractivity contribution in [1.82, 2.24) is 0 Å². The van der Waals surface area contributed by atoms with Gasteiger partial charge in [-0.15, -0.1) is 11.8 Å². The maximum Gasteiger partial charge on any atom is 0.235 e. The maximum atomic E-state index is 12.1. The molecule has 1 heterocycles. The van der Waals surface area contributed by atoms with E-state index in [1.807, 2.05) is 37.4 Å². The number of ether oxygens (including phenoxy) is 1. The van der Waals surface area contributed by atoms with E-state index in [9.17, 15) is 4.79 Å². The molecule has 3 nitrogen and oxygen atoms in total. The summed E-state index contributed by atoms with van der Waals surface area (Å²) in [6.07, 6.45) is 2.84. The highest BCUT2D eigenvalue weighted by molar-refractivity contribution is 7.98. The Morgan fingerprint density at radius 3 is 2.82 bits per heavy atom. The highest BCUT2D eigenvalue weighted by atomic mass is 32.2. The number of rotatable bonds is 4. The zero-order chi connectivity index (χ0) is 12.3. The van der Waals surface area contributed by atoms with Gasteiger partial charge in [0.05, 0.1) is 18.6 Å². The fourth-order valence-corrected chi connectivity index (χ4v) is 2.27. The number of hydrogen-bond donors (Lipinski definition) is 1. The summed E-state index contributed by atoms with van der Waals surface area (Å²) >= 11 is 1.67. The fraction of sp³-hybridized carbons (Fsp3) is 0.462. The van der Waals surface area contributed by atoms with Gasteiger partial charge in [-0.1, -0.05) is 13.0 Å². The monoisotopic (exact) mass is 251 g/mol. The molecule has 1 aromatic rings. The molecule has 92 valence electrons. The largest absolute Gasteiger partial charge is 0.379 e. The summed E-state index contributed by atoms with van der Waals surface area (Å²) in [5, 5.41) is 2.98. The van der Waals surface area contributed by atoms with Gasteiger partial charge < -0.3 is 10.1 Å². The summed E-state index contributed by atoms with van der Waals surface area (Å²) in [7, 11) is 0. The molecule has 0 atom stereocenters. The summed E-state index contributed by atoms with van der Waals surface area (Å²) < 4.78 is 5.17. The van der Waals surface area contributed by atoms with Gasteiger partial charge in [-0.3, -0.25) is 4.79 Å². The number of hydrogen-bond acceptors (Lipinski definition) is 3. The van der Waals surface area contributed by atoms with Crippen molar-refractivity contribution in [2.45, 2.75) is 18.2 Å². The Morgan fingerprint density at radius 2 is 2.29 bits per heavy atom. The first kappa shape index (κ1) is 12.5. The van der Waals surface area contributed by atoms with Crippen molar-refractivity contribution in [3.63, 3.8) is 0 Å². The van der Waals surface area contributed by atoms with E-state index in [0.717, 1.165) is 17.0 Å². The summed E-state index contributed by atoms with van der Waals surface area (Å²) in [6.45, 7) is 3.11. The van der Waals surface area contributed by atoms with Gasteiger partial charge in [-0.2, -0.15) is 0 Å². The predicted molar refractivity (Wildman–Crippen MR) is 70.4 cm³/mol. The summed E-state index contributed by atoms with van der Waals surface area (Å²) in [5.74, 6) is 0.0736. The van der Waals surface area contributed by atoms with Crippen LogP contribution in [0.4, 0.5) is 5.69 Å². The number of carbonyl (C=O) groups is 1. The molecule has 4 heteroatoms. The molecular weight excluding hydrogens is 234 g/mol. The van der Waals surface area contributed by atoms with Gasteiger partial charge in [0.25, 0.3) is 0 Å². The summed E-state index contributed by atoms with van der Waals surface area (Å²) in [5.41, 5.74) is 0.552. The van der Waals surface area contributed by atoms with Crippen LogP contribution in [0, 0.1) is 5.41 Å². The number of nitrogens with one attached hydrogen (secondary N) is 1. The third-order valence-electron chi connectivity index (χ3n) is 3.24. The SMILES string of the molecule is CCC1(C(=O)Nc2cccc(SC)c2)COC1. The predicted octanol–water partition coefficient (Wildman–Crippen LogP) is 2.77. The molecule has 17 heavy (non-hydrogen) atoms. The van der Waals surface area contributed by atoms with Crippen LogP contribution in [0.1, 0.15) is 13.3 Å². The minimum absolute atomic E-state index is 0.0736. The van der Waals surface area contributed by atoms with E-state index in [-0.39, 0.29) is 11.3 Å². The molecule has 1 fully saturated rings. The van der Waals surface area contributed by atoms with Crippen molar-refractivity contribution in [3.05, 3.63) is 24.3 Å². The van der Waals surface area contributed by atoms with Crippen molar-refractivity contribution < 1.29 is 9.53 Å². The topological polar surface area (TPSA) is 38.3 Å². The lowest BCUT2D eigenvalue weighted by Gasteiger charge is -2.38. The van der Waals surface area contributed by atoms with Crippen molar-refractivity contribution in [2.75, 3.05) is 24.8 Å². The molecule has 1 aliphatic heterocycles.